The Morgan fingerprint density at radius 2 is 1.98 bits per heavy atom. The average Bonchev–Trinajstić information content (AvgIpc) is 3.68. The van der Waals surface area contributed by atoms with Gasteiger partial charge in [0, 0.05) is 30.7 Å². The number of carbonyl (C=O) groups is 1. The molecule has 0 aromatic carbocycles. The third-order valence-corrected chi connectivity index (χ3v) is 9.58. The van der Waals surface area contributed by atoms with Crippen LogP contribution in [0, 0.1) is 23.1 Å². The maximum absolute atomic E-state index is 16.4. The molecule has 3 aliphatic heterocycles. The molecule has 3 aliphatic rings. The smallest absolute Gasteiger partial charge is 0.318 e. The van der Waals surface area contributed by atoms with Gasteiger partial charge in [0.2, 0.25) is 11.8 Å². The maximum atomic E-state index is 16.4. The van der Waals surface area contributed by atoms with E-state index in [1.54, 1.807) is 26.0 Å². The Morgan fingerprint density at radius 3 is 2.58 bits per heavy atom. The Bertz CT molecular complexity index is 1670. The van der Waals surface area contributed by atoms with E-state index in [1.165, 1.54) is 26.0 Å². The van der Waals surface area contributed by atoms with Crippen LogP contribution in [0.4, 0.5) is 14.6 Å². The lowest BCUT2D eigenvalue weighted by Gasteiger charge is -2.35. The molecular weight excluding hydrogens is 666 g/mol. The number of anilines is 1. The number of carbonyl (C=O) groups excluding carboxylic acids is 1. The molecule has 2 aromatic rings. The van der Waals surface area contributed by atoms with Crippen molar-refractivity contribution < 1.29 is 23.0 Å². The summed E-state index contributed by atoms with van der Waals surface area (Å²) in [6.45, 7) is 19.4. The zero-order valence-corrected chi connectivity index (χ0v) is 32.0. The van der Waals surface area contributed by atoms with Crippen LogP contribution in [0.3, 0.4) is 0 Å². The largest absolute Gasteiger partial charge is 0.475 e. The van der Waals surface area contributed by atoms with Gasteiger partial charge < -0.3 is 25.4 Å². The van der Waals surface area contributed by atoms with Gasteiger partial charge in [0.25, 0.3) is 0 Å². The van der Waals surface area contributed by atoms with Crippen LogP contribution in [0.15, 0.2) is 42.0 Å². The number of nitrogens with one attached hydrogen (secondary N) is 1. The minimum Gasteiger partial charge on any atom is -0.475 e. The summed E-state index contributed by atoms with van der Waals surface area (Å²) in [7, 11) is 1.41. The monoisotopic (exact) mass is 722 g/mol. The number of aromatic nitrogens is 3. The van der Waals surface area contributed by atoms with Crippen molar-refractivity contribution in [2.24, 2.45) is 11.7 Å². The Hall–Kier alpha value is -4.41. The Labute approximate surface area is 307 Å². The molecule has 0 bridgehead atoms. The molecule has 52 heavy (non-hydrogen) atoms. The van der Waals surface area contributed by atoms with Crippen molar-refractivity contribution in [2.75, 3.05) is 44.8 Å². The fraction of sp³-hybridized carbons (Fsp3) is 0.564. The summed E-state index contributed by atoms with van der Waals surface area (Å²) in [5.74, 6) is -0.869. The zero-order chi connectivity index (χ0) is 38.5. The van der Waals surface area contributed by atoms with Crippen molar-refractivity contribution in [2.45, 2.75) is 98.4 Å². The van der Waals surface area contributed by atoms with E-state index in [9.17, 15) is 14.4 Å². The molecule has 284 valence electrons. The topological polar surface area (TPSA) is 143 Å². The highest BCUT2D eigenvalue weighted by atomic mass is 19.1. The first-order valence-electron chi connectivity index (χ1n) is 18.3. The number of alkyl halides is 1. The van der Waals surface area contributed by atoms with Crippen molar-refractivity contribution in [1.29, 1.82) is 5.26 Å². The average molecular weight is 723 g/mol. The minimum absolute atomic E-state index is 0.0142. The van der Waals surface area contributed by atoms with E-state index in [2.05, 4.69) is 37.8 Å². The third-order valence-electron chi connectivity index (χ3n) is 9.58. The number of hydrogen-bond donors (Lipinski definition) is 2. The summed E-state index contributed by atoms with van der Waals surface area (Å²) in [6, 6.07) is 2.17. The minimum atomic E-state index is -0.679. The number of allylic oxidation sites excluding steroid dienone is 5. The van der Waals surface area contributed by atoms with E-state index < -0.39 is 17.9 Å². The van der Waals surface area contributed by atoms with E-state index in [4.69, 9.17) is 15.2 Å². The summed E-state index contributed by atoms with van der Waals surface area (Å²) in [5, 5.41) is 12.6. The molecule has 0 spiro atoms. The number of methoxy groups -OCH3 is 1. The van der Waals surface area contributed by atoms with Gasteiger partial charge in [-0.2, -0.15) is 15.2 Å². The third kappa shape index (κ3) is 9.72. The molecule has 2 saturated heterocycles. The number of ether oxygens (including phenoxy) is 2. The first kappa shape index (κ1) is 42.0. The molecule has 3 N–H and O–H groups in total. The lowest BCUT2D eigenvalue weighted by molar-refractivity contribution is -0.116. The van der Waals surface area contributed by atoms with Crippen molar-refractivity contribution in [1.82, 2.24) is 25.2 Å². The van der Waals surface area contributed by atoms with Gasteiger partial charge in [0.1, 0.15) is 35.2 Å². The van der Waals surface area contributed by atoms with Gasteiger partial charge >= 0.3 is 6.01 Å². The van der Waals surface area contributed by atoms with E-state index >= 15 is 4.39 Å². The van der Waals surface area contributed by atoms with Crippen molar-refractivity contribution in [3.05, 3.63) is 53.5 Å². The summed E-state index contributed by atoms with van der Waals surface area (Å²) >= 11 is 0. The van der Waals surface area contributed by atoms with Gasteiger partial charge in [0.15, 0.2) is 5.82 Å². The molecule has 0 aliphatic carbocycles. The number of rotatable bonds is 11. The van der Waals surface area contributed by atoms with Gasteiger partial charge in [-0.3, -0.25) is 9.69 Å². The van der Waals surface area contributed by atoms with Gasteiger partial charge in [-0.1, -0.05) is 38.7 Å². The summed E-state index contributed by atoms with van der Waals surface area (Å²) < 4.78 is 40.6. The van der Waals surface area contributed by atoms with Crippen LogP contribution in [-0.4, -0.2) is 90.0 Å². The van der Waals surface area contributed by atoms with E-state index in [0.29, 0.717) is 54.4 Å². The SMILES string of the molecule is C=CC(=O)NCCC(/C(=C/C)C(C)N)N1CCOc2nc(C(/C=C\C)=C(/C)C(C)C#N)c(F)c3nc(OC)nc1c23.CC.FC1CC2CCCN2C1. The van der Waals surface area contributed by atoms with Crippen LogP contribution < -0.4 is 25.4 Å². The van der Waals surface area contributed by atoms with Crippen LogP contribution in [0.1, 0.15) is 79.8 Å². The fourth-order valence-electron chi connectivity index (χ4n) is 6.92. The molecule has 5 atom stereocenters. The second-order valence-corrected chi connectivity index (χ2v) is 12.8. The van der Waals surface area contributed by atoms with Gasteiger partial charge in [-0.15, -0.1) is 0 Å². The highest BCUT2D eigenvalue weighted by Gasteiger charge is 2.35. The normalized spacial score (nSPS) is 20.5. The maximum Gasteiger partial charge on any atom is 0.318 e. The molecule has 2 fully saturated rings. The number of amides is 1. The predicted molar refractivity (Wildman–Crippen MR) is 203 cm³/mol. The molecule has 0 saturated carbocycles. The second kappa shape index (κ2) is 20.0. The van der Waals surface area contributed by atoms with Crippen molar-refractivity contribution in [3.63, 3.8) is 0 Å². The van der Waals surface area contributed by atoms with E-state index in [-0.39, 0.29) is 47.7 Å². The van der Waals surface area contributed by atoms with Crippen LogP contribution in [0.5, 0.6) is 11.9 Å². The molecule has 13 heteroatoms. The number of halogens is 2. The standard InChI is InChI=1S/C30H38FN7O3.C7H12FN.C2H6/c1-8-11-21(18(5)17(4)16-32)26-25(31)27-24-28(37-30(36-27)40-7)38(14-15-41-29(24)35-26)22(20(9-2)19(6)33)12-13-34-23(39)10-3;8-6-4-7-2-1-3-9(7)5-6;1-2/h8-11,17,19,22H,3,12-15,33H2,1-2,4-7H3,(H,34,39);6-7H,1-5H2;1-2H3/b11-8-,20-9+,21-18-;;. The number of pyridine rings is 1. The lowest BCUT2D eigenvalue weighted by Crippen LogP contribution is -2.45. The molecule has 0 radical (unpaired) electrons. The number of fused-ring (bicyclic) bond motifs is 1. The first-order valence-corrected chi connectivity index (χ1v) is 18.3. The van der Waals surface area contributed by atoms with Crippen LogP contribution in [0.25, 0.3) is 16.5 Å². The molecule has 1 amide bonds. The lowest BCUT2D eigenvalue weighted by atomic mass is 9.94. The highest BCUT2D eigenvalue weighted by Crippen LogP contribution is 2.41. The van der Waals surface area contributed by atoms with E-state index in [1.807, 2.05) is 45.6 Å². The molecule has 11 nitrogen and oxygen atoms in total. The number of nitriles is 1. The zero-order valence-electron chi connectivity index (χ0n) is 32.0. The Morgan fingerprint density at radius 1 is 1.25 bits per heavy atom. The van der Waals surface area contributed by atoms with Crippen molar-refractivity contribution in [3.8, 4) is 18.0 Å². The van der Waals surface area contributed by atoms with Crippen LogP contribution in [0.2, 0.25) is 0 Å². The summed E-state index contributed by atoms with van der Waals surface area (Å²) in [5.41, 5.74) is 8.44. The van der Waals surface area contributed by atoms with Crippen LogP contribution >= 0.6 is 0 Å². The van der Waals surface area contributed by atoms with Crippen molar-refractivity contribution >= 4 is 28.2 Å². The summed E-state index contributed by atoms with van der Waals surface area (Å²) in [4.78, 5) is 29.8. The van der Waals surface area contributed by atoms with E-state index in [0.717, 1.165) is 18.5 Å². The highest BCUT2D eigenvalue weighted by molar-refractivity contribution is 5.97. The molecule has 2 aromatic heterocycles. The quantitative estimate of drug-likeness (QED) is 0.151. The molecular formula is C39H56F2N8O3. The van der Waals surface area contributed by atoms with Gasteiger partial charge in [0.05, 0.1) is 31.7 Å². The number of nitrogens with two attached hydrogens (primary N) is 1. The van der Waals surface area contributed by atoms with Gasteiger partial charge in [-0.05, 0) is 84.1 Å². The van der Waals surface area contributed by atoms with Gasteiger partial charge in [-0.25, -0.2) is 13.8 Å². The Balaban J connectivity index is 0.000000562. The summed E-state index contributed by atoms with van der Waals surface area (Å²) in [6.07, 6.45) is 9.95. The van der Waals surface area contributed by atoms with Crippen LogP contribution in [-0.2, 0) is 4.79 Å². The number of hydrogen-bond acceptors (Lipinski definition) is 10. The molecule has 5 unspecified atom stereocenters. The Kier molecular flexibility index (Phi) is 16.2. The molecule has 5 rings (SSSR count). The number of nitrogens with zero attached hydrogens (tertiary/aromatic N) is 6. The fourth-order valence-corrected chi connectivity index (χ4v) is 6.92. The predicted octanol–water partition coefficient (Wildman–Crippen LogP) is 6.45. The molecule has 5 heterocycles. The second-order valence-electron chi connectivity index (χ2n) is 12.8. The first-order chi connectivity index (χ1) is 25.0.